The molecule has 0 amide bonds. The number of thioether (sulfide) groups is 1. The highest BCUT2D eigenvalue weighted by atomic mass is 32.2. The van der Waals surface area contributed by atoms with Gasteiger partial charge in [0.25, 0.3) is 0 Å². The van der Waals surface area contributed by atoms with Crippen molar-refractivity contribution in [3.63, 3.8) is 0 Å². The minimum absolute atomic E-state index is 0.156. The minimum Gasteiger partial charge on any atom is -0.508 e. The summed E-state index contributed by atoms with van der Waals surface area (Å²) in [5, 5.41) is 21.5. The van der Waals surface area contributed by atoms with E-state index in [1.165, 1.54) is 17.3 Å². The Kier molecular flexibility index (Phi) is 10.2. The van der Waals surface area contributed by atoms with Gasteiger partial charge in [-0.15, -0.1) is 0 Å². The number of fused-ring (bicyclic) bond motifs is 5. The van der Waals surface area contributed by atoms with Crippen LogP contribution in [0.25, 0.3) is 0 Å². The van der Waals surface area contributed by atoms with Crippen LogP contribution in [0.2, 0.25) is 0 Å². The van der Waals surface area contributed by atoms with E-state index < -0.39 is 30.3 Å². The number of nitrogens with zero attached hydrogens (tertiary/aromatic N) is 1. The molecule has 1 aliphatic heterocycles. The maximum atomic E-state index is 15.8. The number of aliphatic hydroxyl groups is 1. The second kappa shape index (κ2) is 13.2. The molecule has 44 heavy (non-hydrogen) atoms. The van der Waals surface area contributed by atoms with Crippen LogP contribution in [0.15, 0.2) is 18.2 Å². The molecular weight excluding hydrogens is 600 g/mol. The first-order valence-electron chi connectivity index (χ1n) is 16.6. The van der Waals surface area contributed by atoms with Crippen molar-refractivity contribution in [3.05, 3.63) is 29.3 Å². The van der Waals surface area contributed by atoms with E-state index in [-0.39, 0.29) is 35.3 Å². The molecule has 1 aromatic carbocycles. The Morgan fingerprint density at radius 1 is 1.07 bits per heavy atom. The smallest absolute Gasteiger partial charge is 0.453 e. The second-order valence-electron chi connectivity index (χ2n) is 14.6. The fraction of sp³-hybridized carbons (Fsp3) is 0.824. The molecular formula is C34H49F6NO2S. The van der Waals surface area contributed by atoms with Crippen LogP contribution in [0.3, 0.4) is 0 Å². The van der Waals surface area contributed by atoms with Gasteiger partial charge in [0.15, 0.2) is 0 Å². The number of phenolic OH excluding ortho intramolecular Hbond substituents is 1. The molecule has 3 aliphatic carbocycles. The molecule has 3 nitrogen and oxygen atoms in total. The fourth-order valence-electron chi connectivity index (χ4n) is 9.35. The number of phenols is 1. The van der Waals surface area contributed by atoms with E-state index in [2.05, 4.69) is 17.9 Å². The van der Waals surface area contributed by atoms with Crippen LogP contribution in [0.4, 0.5) is 26.3 Å². The predicted octanol–water partition coefficient (Wildman–Crippen LogP) is 8.91. The van der Waals surface area contributed by atoms with Gasteiger partial charge in [0.2, 0.25) is 0 Å². The van der Waals surface area contributed by atoms with Gasteiger partial charge >= 0.3 is 12.1 Å². The van der Waals surface area contributed by atoms with E-state index in [1.54, 1.807) is 6.07 Å². The number of benzene rings is 1. The molecule has 0 aromatic heterocycles. The normalized spacial score (nSPS) is 34.9. The maximum absolute atomic E-state index is 15.8. The number of hydrogen-bond donors (Lipinski definition) is 2. The molecule has 0 bridgehead atoms. The van der Waals surface area contributed by atoms with Gasteiger partial charge in [-0.05, 0) is 149 Å². The quantitative estimate of drug-likeness (QED) is 0.175. The summed E-state index contributed by atoms with van der Waals surface area (Å²) in [5.74, 6) is -2.28. The lowest BCUT2D eigenvalue weighted by Gasteiger charge is -2.55. The van der Waals surface area contributed by atoms with E-state index in [0.717, 1.165) is 63.6 Å². The van der Waals surface area contributed by atoms with Crippen LogP contribution in [-0.4, -0.2) is 69.6 Å². The van der Waals surface area contributed by atoms with Crippen LogP contribution in [-0.2, 0) is 6.42 Å². The number of likely N-dealkylation sites (tertiary alicyclic amines) is 1. The van der Waals surface area contributed by atoms with Crippen molar-refractivity contribution < 1.29 is 36.6 Å². The van der Waals surface area contributed by atoms with E-state index >= 15 is 4.39 Å². The van der Waals surface area contributed by atoms with Crippen LogP contribution >= 0.6 is 11.8 Å². The van der Waals surface area contributed by atoms with Gasteiger partial charge in [0.05, 0.1) is 5.60 Å². The van der Waals surface area contributed by atoms with Gasteiger partial charge in [-0.3, -0.25) is 4.90 Å². The molecule has 10 heteroatoms. The molecule has 0 spiro atoms. The van der Waals surface area contributed by atoms with Crippen molar-refractivity contribution in [3.8, 4) is 5.75 Å². The summed E-state index contributed by atoms with van der Waals surface area (Å²) < 4.78 is 79.2. The SMILES string of the molecule is C[C@]1(O)CC[C@H]2[C@@H]3[C@H](CC(F)CCCN4CCC[C@H]4CSCCCC(F)(F)C(F)(F)F)Cc4cc(O)ccc4[C@H]3CC[C@@]21C. The molecule has 0 radical (unpaired) electrons. The monoisotopic (exact) mass is 649 g/mol. The summed E-state index contributed by atoms with van der Waals surface area (Å²) in [5.41, 5.74) is 1.54. The zero-order valence-corrected chi connectivity index (χ0v) is 26.8. The molecule has 1 heterocycles. The minimum atomic E-state index is -5.49. The topological polar surface area (TPSA) is 43.7 Å². The largest absolute Gasteiger partial charge is 0.508 e. The van der Waals surface area contributed by atoms with E-state index in [4.69, 9.17) is 0 Å². The van der Waals surface area contributed by atoms with Crippen molar-refractivity contribution >= 4 is 11.8 Å². The Hall–Kier alpha value is -1.13. The Morgan fingerprint density at radius 3 is 2.59 bits per heavy atom. The number of halogens is 6. The van der Waals surface area contributed by atoms with Crippen molar-refractivity contribution in [1.82, 2.24) is 4.90 Å². The third-order valence-corrected chi connectivity index (χ3v) is 13.2. The summed E-state index contributed by atoms with van der Waals surface area (Å²) in [4.78, 5) is 2.33. The molecule has 3 fully saturated rings. The lowest BCUT2D eigenvalue weighted by molar-refractivity contribution is -0.284. The third kappa shape index (κ3) is 6.92. The Labute approximate surface area is 262 Å². The third-order valence-electron chi connectivity index (χ3n) is 12.0. The van der Waals surface area contributed by atoms with Gasteiger partial charge in [0.1, 0.15) is 11.9 Å². The highest BCUT2D eigenvalue weighted by Crippen LogP contribution is 2.65. The van der Waals surface area contributed by atoms with Gasteiger partial charge in [-0.25, -0.2) is 4.39 Å². The number of rotatable bonds is 12. The van der Waals surface area contributed by atoms with Gasteiger partial charge in [-0.2, -0.15) is 33.7 Å². The lowest BCUT2D eigenvalue weighted by Crippen LogP contribution is -2.51. The number of aromatic hydroxyl groups is 1. The van der Waals surface area contributed by atoms with Crippen LogP contribution in [0.1, 0.15) is 102 Å². The molecule has 2 saturated carbocycles. The van der Waals surface area contributed by atoms with E-state index in [9.17, 15) is 32.2 Å². The molecule has 8 atom stereocenters. The molecule has 1 aromatic rings. The average molecular weight is 650 g/mol. The molecule has 1 unspecified atom stereocenters. The zero-order valence-electron chi connectivity index (χ0n) is 26.0. The fourth-order valence-corrected chi connectivity index (χ4v) is 10.5. The Bertz CT molecular complexity index is 1130. The molecule has 250 valence electrons. The molecule has 4 aliphatic rings. The van der Waals surface area contributed by atoms with Crippen LogP contribution < -0.4 is 0 Å². The molecule has 5 rings (SSSR count). The van der Waals surface area contributed by atoms with Crippen LogP contribution in [0, 0.1) is 23.2 Å². The standard InChI is InChI=1S/C34H49F6NO2S/c1-31-13-10-28-27-9-8-26(42)20-22(27)18-23(30(28)29(31)11-14-32(31,2)43)19-24(35)6-3-15-41-16-4-7-25(41)21-44-17-5-12-33(36,37)34(38,39)40/h8-9,20,23-25,28-30,42-43H,3-7,10-19,21H2,1-2H3/t23-,24?,25-,28+,29-,30+,31-,32-/m0/s1. The first-order chi connectivity index (χ1) is 20.6. The maximum Gasteiger partial charge on any atom is 0.453 e. The first-order valence-corrected chi connectivity index (χ1v) is 17.7. The first kappa shape index (κ1) is 34.2. The zero-order chi connectivity index (χ0) is 31.9. The Morgan fingerprint density at radius 2 is 1.84 bits per heavy atom. The summed E-state index contributed by atoms with van der Waals surface area (Å²) in [6.45, 7) is 5.88. The van der Waals surface area contributed by atoms with E-state index in [1.807, 2.05) is 13.0 Å². The summed E-state index contributed by atoms with van der Waals surface area (Å²) in [6, 6.07) is 5.94. The van der Waals surface area contributed by atoms with Crippen molar-refractivity contribution in [2.24, 2.45) is 23.2 Å². The lowest BCUT2D eigenvalue weighted by atomic mass is 9.50. The van der Waals surface area contributed by atoms with Gasteiger partial charge in [0, 0.05) is 18.2 Å². The predicted molar refractivity (Wildman–Crippen MR) is 163 cm³/mol. The highest BCUT2D eigenvalue weighted by Gasteiger charge is 2.61. The number of hydrogen-bond acceptors (Lipinski definition) is 4. The summed E-state index contributed by atoms with van der Waals surface area (Å²) >= 11 is 1.43. The highest BCUT2D eigenvalue weighted by molar-refractivity contribution is 7.99. The van der Waals surface area contributed by atoms with E-state index in [0.29, 0.717) is 42.8 Å². The van der Waals surface area contributed by atoms with Crippen molar-refractivity contribution in [1.29, 1.82) is 0 Å². The van der Waals surface area contributed by atoms with Gasteiger partial charge in [-0.1, -0.05) is 13.0 Å². The summed E-state index contributed by atoms with van der Waals surface area (Å²) in [7, 11) is 0. The molecule has 2 N–H and O–H groups in total. The van der Waals surface area contributed by atoms with Crippen molar-refractivity contribution in [2.75, 3.05) is 24.6 Å². The second-order valence-corrected chi connectivity index (χ2v) is 15.7. The number of alkyl halides is 6. The van der Waals surface area contributed by atoms with Gasteiger partial charge < -0.3 is 10.2 Å². The summed E-state index contributed by atoms with van der Waals surface area (Å²) in [6.07, 6.45) is 0.253. The van der Waals surface area contributed by atoms with Crippen LogP contribution in [0.5, 0.6) is 5.75 Å². The molecule has 1 saturated heterocycles. The van der Waals surface area contributed by atoms with Crippen molar-refractivity contribution in [2.45, 2.75) is 127 Å². The Balaban J connectivity index is 1.13. The average Bonchev–Trinajstić information content (AvgIpc) is 3.48.